The zero-order valence-corrected chi connectivity index (χ0v) is 13.4. The summed E-state index contributed by atoms with van der Waals surface area (Å²) in [6.45, 7) is 5.27. The van der Waals surface area contributed by atoms with Crippen molar-refractivity contribution in [3.63, 3.8) is 0 Å². The number of nitrogens with zero attached hydrogens (tertiary/aromatic N) is 2. The predicted molar refractivity (Wildman–Crippen MR) is 85.7 cm³/mol. The Morgan fingerprint density at radius 2 is 2.14 bits per heavy atom. The molecule has 1 aromatic heterocycles. The van der Waals surface area contributed by atoms with E-state index in [-0.39, 0.29) is 0 Å². The fourth-order valence-corrected chi connectivity index (χ4v) is 4.95. The van der Waals surface area contributed by atoms with Crippen LogP contribution >= 0.6 is 11.3 Å². The van der Waals surface area contributed by atoms with Crippen LogP contribution < -0.4 is 5.32 Å². The van der Waals surface area contributed by atoms with E-state index in [4.69, 9.17) is 0 Å². The van der Waals surface area contributed by atoms with Gasteiger partial charge in [-0.15, -0.1) is 10.2 Å². The molecule has 0 saturated heterocycles. The third-order valence-corrected chi connectivity index (χ3v) is 6.16. The Morgan fingerprint density at radius 1 is 1.29 bits per heavy atom. The summed E-state index contributed by atoms with van der Waals surface area (Å²) in [5, 5.41) is 14.7. The molecule has 2 aromatic rings. The molecule has 1 N–H and O–H groups in total. The maximum atomic E-state index is 4.51. The number of fused-ring (bicyclic) bond motifs is 3. The molecule has 1 fully saturated rings. The summed E-state index contributed by atoms with van der Waals surface area (Å²) in [7, 11) is 0. The van der Waals surface area contributed by atoms with Gasteiger partial charge in [0.2, 0.25) is 0 Å². The first-order valence-corrected chi connectivity index (χ1v) is 8.75. The zero-order chi connectivity index (χ0) is 14.4. The Morgan fingerprint density at radius 3 is 3.00 bits per heavy atom. The first-order valence-electron chi connectivity index (χ1n) is 7.94. The average molecular weight is 299 g/mol. The molecule has 4 rings (SSSR count). The third kappa shape index (κ3) is 2.21. The van der Waals surface area contributed by atoms with E-state index in [0.717, 1.165) is 17.5 Å². The Bertz CT molecular complexity index is 651. The number of hydrogen-bond donors (Lipinski definition) is 1. The standard InChI is InChI=1S/C17H21N3S/c1-3-18-10(2)16-19-20-17(21-16)15-13-9-8-11-6-4-5-7-12(11)14(13)15/h4-7,10,13-15,18H,3,8-9H2,1-2H3. The fraction of sp³-hybridized carbons (Fsp3) is 0.529. The maximum absolute atomic E-state index is 4.51. The van der Waals surface area contributed by atoms with Gasteiger partial charge in [0.1, 0.15) is 10.0 Å². The van der Waals surface area contributed by atoms with E-state index in [1.165, 1.54) is 17.8 Å². The molecule has 2 aliphatic carbocycles. The smallest absolute Gasteiger partial charge is 0.134 e. The van der Waals surface area contributed by atoms with Crippen LogP contribution in [-0.4, -0.2) is 16.7 Å². The number of aromatic nitrogens is 2. The predicted octanol–water partition coefficient (Wildman–Crippen LogP) is 3.65. The van der Waals surface area contributed by atoms with Crippen LogP contribution in [0.3, 0.4) is 0 Å². The fourth-order valence-electron chi connectivity index (χ4n) is 3.85. The molecule has 4 atom stereocenters. The van der Waals surface area contributed by atoms with E-state index in [2.05, 4.69) is 53.6 Å². The van der Waals surface area contributed by atoms with Crippen LogP contribution in [-0.2, 0) is 6.42 Å². The molecule has 0 aliphatic heterocycles. The highest BCUT2D eigenvalue weighted by molar-refractivity contribution is 7.11. The lowest BCUT2D eigenvalue weighted by Gasteiger charge is -2.13. The van der Waals surface area contributed by atoms with Crippen LogP contribution in [0.5, 0.6) is 0 Å². The lowest BCUT2D eigenvalue weighted by Crippen LogP contribution is -2.17. The molecule has 4 unspecified atom stereocenters. The van der Waals surface area contributed by atoms with Crippen LogP contribution in [0.15, 0.2) is 24.3 Å². The SMILES string of the molecule is CCNC(C)c1nnc(C2C3CCc4ccccc4C32)s1. The van der Waals surface area contributed by atoms with Crippen molar-refractivity contribution in [2.75, 3.05) is 6.54 Å². The Hall–Kier alpha value is -1.26. The van der Waals surface area contributed by atoms with E-state index < -0.39 is 0 Å². The second kappa shape index (κ2) is 5.18. The Balaban J connectivity index is 1.57. The van der Waals surface area contributed by atoms with Gasteiger partial charge in [-0.25, -0.2) is 0 Å². The topological polar surface area (TPSA) is 37.8 Å². The van der Waals surface area contributed by atoms with E-state index in [1.807, 2.05) is 11.3 Å². The number of aryl methyl sites for hydroxylation is 1. The molecule has 1 aromatic carbocycles. The van der Waals surface area contributed by atoms with Crippen LogP contribution in [0.25, 0.3) is 0 Å². The molecule has 3 nitrogen and oxygen atoms in total. The van der Waals surface area contributed by atoms with Crippen molar-refractivity contribution in [3.05, 3.63) is 45.4 Å². The molecule has 0 amide bonds. The van der Waals surface area contributed by atoms with Crippen molar-refractivity contribution in [2.45, 2.75) is 44.6 Å². The molecule has 0 bridgehead atoms. The number of rotatable bonds is 4. The molecule has 2 aliphatic rings. The van der Waals surface area contributed by atoms with Gasteiger partial charge < -0.3 is 5.32 Å². The second-order valence-corrected chi connectivity index (χ2v) is 7.25. The molecular weight excluding hydrogens is 278 g/mol. The van der Waals surface area contributed by atoms with Gasteiger partial charge in [-0.05, 0) is 49.3 Å². The summed E-state index contributed by atoms with van der Waals surface area (Å²) in [4.78, 5) is 0. The highest BCUT2D eigenvalue weighted by atomic mass is 32.1. The summed E-state index contributed by atoms with van der Waals surface area (Å²) in [6, 6.07) is 9.26. The maximum Gasteiger partial charge on any atom is 0.134 e. The molecule has 0 spiro atoms. The van der Waals surface area contributed by atoms with Crippen molar-refractivity contribution >= 4 is 11.3 Å². The second-order valence-electron chi connectivity index (χ2n) is 6.21. The van der Waals surface area contributed by atoms with Gasteiger partial charge in [0.25, 0.3) is 0 Å². The van der Waals surface area contributed by atoms with Crippen LogP contribution in [0, 0.1) is 5.92 Å². The minimum Gasteiger partial charge on any atom is -0.308 e. The van der Waals surface area contributed by atoms with Crippen molar-refractivity contribution in [1.82, 2.24) is 15.5 Å². The van der Waals surface area contributed by atoms with E-state index in [1.54, 1.807) is 11.1 Å². The number of hydrogen-bond acceptors (Lipinski definition) is 4. The van der Waals surface area contributed by atoms with E-state index in [0.29, 0.717) is 17.9 Å². The lowest BCUT2D eigenvalue weighted by atomic mass is 9.92. The minimum atomic E-state index is 0.314. The first-order chi connectivity index (χ1) is 10.3. The monoisotopic (exact) mass is 299 g/mol. The average Bonchev–Trinajstić information content (AvgIpc) is 3.05. The van der Waals surface area contributed by atoms with E-state index >= 15 is 0 Å². The molecule has 21 heavy (non-hydrogen) atoms. The zero-order valence-electron chi connectivity index (χ0n) is 12.5. The number of benzene rings is 1. The Kier molecular flexibility index (Phi) is 3.31. The van der Waals surface area contributed by atoms with Gasteiger partial charge >= 0.3 is 0 Å². The van der Waals surface area contributed by atoms with Crippen molar-refractivity contribution in [1.29, 1.82) is 0 Å². The molecule has 4 heteroatoms. The first kappa shape index (κ1) is 13.4. The quantitative estimate of drug-likeness (QED) is 0.936. The van der Waals surface area contributed by atoms with Crippen LogP contribution in [0.2, 0.25) is 0 Å². The largest absolute Gasteiger partial charge is 0.308 e. The minimum absolute atomic E-state index is 0.314. The molecular formula is C17H21N3S. The van der Waals surface area contributed by atoms with Crippen molar-refractivity contribution in [2.24, 2.45) is 5.92 Å². The van der Waals surface area contributed by atoms with Gasteiger partial charge in [0, 0.05) is 5.92 Å². The molecule has 110 valence electrons. The van der Waals surface area contributed by atoms with E-state index in [9.17, 15) is 0 Å². The van der Waals surface area contributed by atoms with Crippen LogP contribution in [0.1, 0.15) is 59.3 Å². The van der Waals surface area contributed by atoms with Gasteiger partial charge in [-0.1, -0.05) is 42.5 Å². The normalized spacial score (nSPS) is 27.8. The highest BCUT2D eigenvalue weighted by Crippen LogP contribution is 2.65. The summed E-state index contributed by atoms with van der Waals surface area (Å²) >= 11 is 1.81. The molecule has 1 heterocycles. The Labute approximate surface area is 129 Å². The molecule has 1 saturated carbocycles. The number of nitrogens with one attached hydrogen (secondary N) is 1. The lowest BCUT2D eigenvalue weighted by molar-refractivity contribution is 0.589. The van der Waals surface area contributed by atoms with Gasteiger partial charge in [0.05, 0.1) is 6.04 Å². The van der Waals surface area contributed by atoms with Gasteiger partial charge in [-0.2, -0.15) is 0 Å². The van der Waals surface area contributed by atoms with Crippen LogP contribution in [0.4, 0.5) is 0 Å². The van der Waals surface area contributed by atoms with Crippen molar-refractivity contribution in [3.8, 4) is 0 Å². The summed E-state index contributed by atoms with van der Waals surface area (Å²) in [5.41, 5.74) is 3.11. The van der Waals surface area contributed by atoms with Gasteiger partial charge in [-0.3, -0.25) is 0 Å². The third-order valence-electron chi connectivity index (χ3n) is 4.95. The molecule has 0 radical (unpaired) electrons. The summed E-state index contributed by atoms with van der Waals surface area (Å²) < 4.78 is 0. The highest BCUT2D eigenvalue weighted by Gasteiger charge is 2.55. The van der Waals surface area contributed by atoms with Gasteiger partial charge in [0.15, 0.2) is 0 Å². The summed E-state index contributed by atoms with van der Waals surface area (Å²) in [5.74, 6) is 2.12. The summed E-state index contributed by atoms with van der Waals surface area (Å²) in [6.07, 6.45) is 2.54. The van der Waals surface area contributed by atoms with Crippen molar-refractivity contribution < 1.29 is 0 Å².